The molecule has 0 aliphatic heterocycles. The molecular formula is C21H36IN5O2. The normalized spacial score (nSPS) is 15.2. The molecule has 2 N–H and O–H groups in total. The lowest BCUT2D eigenvalue weighted by Gasteiger charge is -2.19. The largest absolute Gasteiger partial charge is 0.376 e. The van der Waals surface area contributed by atoms with E-state index in [0.29, 0.717) is 31.8 Å². The van der Waals surface area contributed by atoms with Crippen LogP contribution in [0, 0.1) is 0 Å². The van der Waals surface area contributed by atoms with Crippen molar-refractivity contribution in [2.45, 2.75) is 51.0 Å². The summed E-state index contributed by atoms with van der Waals surface area (Å²) in [4.78, 5) is 22.5. The van der Waals surface area contributed by atoms with Crippen LogP contribution in [0.5, 0.6) is 0 Å². The molecule has 0 aromatic carbocycles. The van der Waals surface area contributed by atoms with Gasteiger partial charge in [-0.2, -0.15) is 0 Å². The molecule has 1 aliphatic carbocycles. The highest BCUT2D eigenvalue weighted by Crippen LogP contribution is 2.19. The van der Waals surface area contributed by atoms with Crippen LogP contribution >= 0.6 is 24.0 Å². The number of carbonyl (C=O) groups is 1. The molecule has 1 heterocycles. The second-order valence-corrected chi connectivity index (χ2v) is 7.22. The first kappa shape index (κ1) is 25.6. The molecule has 0 radical (unpaired) electrons. The molecule has 1 amide bonds. The standard InChI is InChI=1S/C21H35N5O2.HI/c1-22-21(24-14-16-28-19-10-5-3-4-6-11-19)25-17-20(27)26(2)15-12-18-9-7-8-13-23-18;/h7-9,13,19H,3-6,10-12,14-17H2,1-2H3,(H2,22,24,25);1H. The lowest BCUT2D eigenvalue weighted by Crippen LogP contribution is -2.44. The minimum atomic E-state index is 0. The number of amides is 1. The highest BCUT2D eigenvalue weighted by Gasteiger charge is 2.13. The maximum Gasteiger partial charge on any atom is 0.241 e. The Morgan fingerprint density at radius 1 is 1.24 bits per heavy atom. The van der Waals surface area contributed by atoms with Gasteiger partial charge in [0.25, 0.3) is 0 Å². The Labute approximate surface area is 192 Å². The van der Waals surface area contributed by atoms with Gasteiger partial charge in [0.05, 0.1) is 19.3 Å². The van der Waals surface area contributed by atoms with E-state index in [1.165, 1.54) is 38.5 Å². The molecule has 0 saturated heterocycles. The van der Waals surface area contributed by atoms with Gasteiger partial charge < -0.3 is 20.3 Å². The van der Waals surface area contributed by atoms with E-state index in [9.17, 15) is 4.79 Å². The van der Waals surface area contributed by atoms with Crippen LogP contribution in [-0.2, 0) is 16.0 Å². The Bertz CT molecular complexity index is 592. The third kappa shape index (κ3) is 10.8. The van der Waals surface area contributed by atoms with Crippen molar-refractivity contribution in [3.63, 3.8) is 0 Å². The summed E-state index contributed by atoms with van der Waals surface area (Å²) >= 11 is 0. The number of carbonyl (C=O) groups excluding carboxylic acids is 1. The first-order valence-corrected chi connectivity index (χ1v) is 10.4. The molecule has 1 saturated carbocycles. The van der Waals surface area contributed by atoms with Crippen molar-refractivity contribution in [1.82, 2.24) is 20.5 Å². The number of hydrogen-bond acceptors (Lipinski definition) is 4. The highest BCUT2D eigenvalue weighted by atomic mass is 127. The average Bonchev–Trinajstić information content (AvgIpc) is 3.01. The topological polar surface area (TPSA) is 78.9 Å². The van der Waals surface area contributed by atoms with E-state index in [-0.39, 0.29) is 36.4 Å². The lowest BCUT2D eigenvalue weighted by molar-refractivity contribution is -0.128. The molecule has 1 aromatic rings. The van der Waals surface area contributed by atoms with Crippen molar-refractivity contribution in [2.75, 3.05) is 40.3 Å². The van der Waals surface area contributed by atoms with Crippen LogP contribution in [0.25, 0.3) is 0 Å². The van der Waals surface area contributed by atoms with Crippen molar-refractivity contribution in [3.8, 4) is 0 Å². The zero-order valence-corrected chi connectivity index (χ0v) is 20.1. The van der Waals surface area contributed by atoms with Crippen LogP contribution in [0.15, 0.2) is 29.4 Å². The number of ether oxygens (including phenoxy) is 1. The van der Waals surface area contributed by atoms with E-state index in [0.717, 1.165) is 12.1 Å². The fourth-order valence-corrected chi connectivity index (χ4v) is 3.27. The monoisotopic (exact) mass is 517 g/mol. The quantitative estimate of drug-likeness (QED) is 0.173. The Kier molecular flexibility index (Phi) is 13.6. The number of likely N-dealkylation sites (N-methyl/N-ethyl adjacent to an activating group) is 1. The third-order valence-corrected chi connectivity index (χ3v) is 5.04. The Morgan fingerprint density at radius 3 is 2.66 bits per heavy atom. The maximum absolute atomic E-state index is 12.3. The van der Waals surface area contributed by atoms with Crippen molar-refractivity contribution in [2.24, 2.45) is 4.99 Å². The number of halogens is 1. The molecule has 164 valence electrons. The number of hydrogen-bond donors (Lipinski definition) is 2. The number of nitrogens with zero attached hydrogens (tertiary/aromatic N) is 3. The number of guanidine groups is 1. The molecule has 2 rings (SSSR count). The minimum Gasteiger partial charge on any atom is -0.376 e. The van der Waals surface area contributed by atoms with Crippen molar-refractivity contribution < 1.29 is 9.53 Å². The molecule has 29 heavy (non-hydrogen) atoms. The first-order chi connectivity index (χ1) is 13.7. The summed E-state index contributed by atoms with van der Waals surface area (Å²) in [7, 11) is 3.51. The second-order valence-electron chi connectivity index (χ2n) is 7.22. The molecule has 0 atom stereocenters. The summed E-state index contributed by atoms with van der Waals surface area (Å²) in [5, 5.41) is 6.28. The first-order valence-electron chi connectivity index (χ1n) is 10.4. The predicted molar refractivity (Wildman–Crippen MR) is 128 cm³/mol. The van der Waals surface area contributed by atoms with E-state index in [1.54, 1.807) is 18.1 Å². The molecular weight excluding hydrogens is 481 g/mol. The zero-order valence-electron chi connectivity index (χ0n) is 17.7. The van der Waals surface area contributed by atoms with Gasteiger partial charge in [0.1, 0.15) is 0 Å². The summed E-state index contributed by atoms with van der Waals surface area (Å²) in [5.74, 6) is 0.643. The maximum atomic E-state index is 12.3. The molecule has 8 heteroatoms. The molecule has 1 aromatic heterocycles. The van der Waals surface area contributed by atoms with Gasteiger partial charge in [-0.25, -0.2) is 0 Å². The van der Waals surface area contributed by atoms with E-state index < -0.39 is 0 Å². The fourth-order valence-electron chi connectivity index (χ4n) is 3.27. The van der Waals surface area contributed by atoms with Gasteiger partial charge >= 0.3 is 0 Å². The van der Waals surface area contributed by atoms with E-state index >= 15 is 0 Å². The fraction of sp³-hybridized carbons (Fsp3) is 0.667. The van der Waals surface area contributed by atoms with Crippen molar-refractivity contribution >= 4 is 35.8 Å². The Morgan fingerprint density at radius 2 is 2.00 bits per heavy atom. The van der Waals surface area contributed by atoms with Gasteiger partial charge in [-0.3, -0.25) is 14.8 Å². The molecule has 0 bridgehead atoms. The Balaban J connectivity index is 0.00000420. The second kappa shape index (κ2) is 15.4. The van der Waals surface area contributed by atoms with Gasteiger partial charge in [-0.05, 0) is 25.0 Å². The van der Waals surface area contributed by atoms with Gasteiger partial charge in [-0.15, -0.1) is 24.0 Å². The summed E-state index contributed by atoms with van der Waals surface area (Å²) in [5.41, 5.74) is 0.987. The predicted octanol–water partition coefficient (Wildman–Crippen LogP) is 2.60. The van der Waals surface area contributed by atoms with Crippen LogP contribution in [0.1, 0.15) is 44.2 Å². The van der Waals surface area contributed by atoms with Gasteiger partial charge in [0.15, 0.2) is 5.96 Å². The lowest BCUT2D eigenvalue weighted by atomic mass is 10.1. The zero-order chi connectivity index (χ0) is 20.0. The van der Waals surface area contributed by atoms with Gasteiger partial charge in [0, 0.05) is 45.5 Å². The molecule has 7 nitrogen and oxygen atoms in total. The number of pyridine rings is 1. The van der Waals surface area contributed by atoms with Crippen molar-refractivity contribution in [1.29, 1.82) is 0 Å². The van der Waals surface area contributed by atoms with Crippen molar-refractivity contribution in [3.05, 3.63) is 30.1 Å². The van der Waals surface area contributed by atoms with E-state index in [4.69, 9.17) is 4.74 Å². The van der Waals surface area contributed by atoms with Crippen LogP contribution in [-0.4, -0.2) is 68.2 Å². The SMILES string of the molecule is CN=C(NCCOC1CCCCCC1)NCC(=O)N(C)CCc1ccccn1.I. The van der Waals surface area contributed by atoms with Crippen LogP contribution < -0.4 is 10.6 Å². The van der Waals surface area contributed by atoms with Gasteiger partial charge in [-0.1, -0.05) is 31.7 Å². The van der Waals surface area contributed by atoms with E-state index in [1.807, 2.05) is 25.2 Å². The third-order valence-electron chi connectivity index (χ3n) is 5.04. The summed E-state index contributed by atoms with van der Waals surface area (Å²) in [6, 6.07) is 5.82. The molecule has 0 spiro atoms. The molecule has 0 unspecified atom stereocenters. The number of aromatic nitrogens is 1. The number of aliphatic imine (C=N–C) groups is 1. The number of nitrogens with one attached hydrogen (secondary N) is 2. The van der Waals surface area contributed by atoms with Crippen LogP contribution in [0.3, 0.4) is 0 Å². The summed E-state index contributed by atoms with van der Waals surface area (Å²) in [6.07, 6.45) is 10.5. The van der Waals surface area contributed by atoms with E-state index in [2.05, 4.69) is 20.6 Å². The Hall–Kier alpha value is -1.42. The van der Waals surface area contributed by atoms with Crippen LogP contribution in [0.2, 0.25) is 0 Å². The average molecular weight is 517 g/mol. The smallest absolute Gasteiger partial charge is 0.241 e. The summed E-state index contributed by atoms with van der Waals surface area (Å²) in [6.45, 7) is 2.18. The highest BCUT2D eigenvalue weighted by molar-refractivity contribution is 14.0. The van der Waals surface area contributed by atoms with Gasteiger partial charge in [0.2, 0.25) is 5.91 Å². The van der Waals surface area contributed by atoms with Crippen LogP contribution in [0.4, 0.5) is 0 Å². The minimum absolute atomic E-state index is 0. The molecule has 1 aliphatic rings. The summed E-state index contributed by atoms with van der Waals surface area (Å²) < 4.78 is 5.97. The molecule has 1 fully saturated rings. The number of rotatable bonds is 9.